The number of hydrogen-bond acceptors (Lipinski definition) is 4. The quantitative estimate of drug-likeness (QED) is 0.798. The van der Waals surface area contributed by atoms with Gasteiger partial charge in [-0.05, 0) is 25.0 Å². The predicted molar refractivity (Wildman–Crippen MR) is 72.6 cm³/mol. The zero-order valence-electron chi connectivity index (χ0n) is 11.4. The molecule has 0 N–H and O–H groups in total. The molecule has 1 aromatic heterocycles. The minimum atomic E-state index is -0.0592. The lowest BCUT2D eigenvalue weighted by Gasteiger charge is -2.36. The molecule has 1 amide bonds. The molecule has 5 nitrogen and oxygen atoms in total. The average Bonchev–Trinajstić information content (AvgIpc) is 3.09. The summed E-state index contributed by atoms with van der Waals surface area (Å²) in [5.41, 5.74) is 1.91. The number of amides is 1. The zero-order valence-corrected chi connectivity index (χ0v) is 11.4. The SMILES string of the molecule is Cc1nc2c(C(=O)N3CCOCC34CC4)cccc2o1. The fourth-order valence-corrected chi connectivity index (χ4v) is 2.99. The molecule has 2 aromatic rings. The number of benzene rings is 1. The van der Waals surface area contributed by atoms with Crippen molar-refractivity contribution in [1.82, 2.24) is 9.88 Å². The molecule has 1 spiro atoms. The van der Waals surface area contributed by atoms with E-state index in [1.807, 2.05) is 23.1 Å². The third kappa shape index (κ3) is 1.66. The molecule has 2 aliphatic rings. The van der Waals surface area contributed by atoms with Crippen LogP contribution < -0.4 is 0 Å². The van der Waals surface area contributed by atoms with Crippen LogP contribution in [0.15, 0.2) is 22.6 Å². The van der Waals surface area contributed by atoms with E-state index in [9.17, 15) is 4.79 Å². The van der Waals surface area contributed by atoms with Gasteiger partial charge in [-0.25, -0.2) is 4.98 Å². The lowest BCUT2D eigenvalue weighted by molar-refractivity contribution is -0.0116. The van der Waals surface area contributed by atoms with E-state index in [1.54, 1.807) is 6.92 Å². The molecule has 2 fully saturated rings. The summed E-state index contributed by atoms with van der Waals surface area (Å²) < 4.78 is 11.0. The maximum Gasteiger partial charge on any atom is 0.256 e. The number of carbonyl (C=O) groups is 1. The van der Waals surface area contributed by atoms with Gasteiger partial charge in [0, 0.05) is 13.5 Å². The number of carbonyl (C=O) groups excluding carboxylic acids is 1. The van der Waals surface area contributed by atoms with Crippen molar-refractivity contribution in [2.45, 2.75) is 25.3 Å². The van der Waals surface area contributed by atoms with Crippen molar-refractivity contribution in [2.75, 3.05) is 19.8 Å². The Balaban J connectivity index is 1.76. The number of rotatable bonds is 1. The Bertz CT molecular complexity index is 687. The second kappa shape index (κ2) is 4.06. The van der Waals surface area contributed by atoms with Crippen molar-refractivity contribution in [1.29, 1.82) is 0 Å². The van der Waals surface area contributed by atoms with Crippen LogP contribution in [0.1, 0.15) is 29.1 Å². The Morgan fingerprint density at radius 3 is 3.05 bits per heavy atom. The maximum absolute atomic E-state index is 12.9. The summed E-state index contributed by atoms with van der Waals surface area (Å²) in [5.74, 6) is 0.632. The van der Waals surface area contributed by atoms with Gasteiger partial charge in [-0.1, -0.05) is 6.07 Å². The van der Waals surface area contributed by atoms with Crippen LogP contribution in [0.3, 0.4) is 0 Å². The first kappa shape index (κ1) is 11.9. The summed E-state index contributed by atoms with van der Waals surface area (Å²) in [6.45, 7) is 3.73. The van der Waals surface area contributed by atoms with E-state index in [0.29, 0.717) is 42.3 Å². The summed E-state index contributed by atoms with van der Waals surface area (Å²) in [6.07, 6.45) is 2.07. The van der Waals surface area contributed by atoms with Crippen molar-refractivity contribution < 1.29 is 13.9 Å². The van der Waals surface area contributed by atoms with Crippen molar-refractivity contribution in [3.05, 3.63) is 29.7 Å². The van der Waals surface area contributed by atoms with Gasteiger partial charge in [-0.2, -0.15) is 0 Å². The molecule has 20 heavy (non-hydrogen) atoms. The van der Waals surface area contributed by atoms with E-state index in [1.165, 1.54) is 0 Å². The molecule has 5 heteroatoms. The van der Waals surface area contributed by atoms with E-state index >= 15 is 0 Å². The van der Waals surface area contributed by atoms with Crippen molar-refractivity contribution in [3.8, 4) is 0 Å². The van der Waals surface area contributed by atoms with Crippen LogP contribution in [0.2, 0.25) is 0 Å². The number of fused-ring (bicyclic) bond motifs is 1. The van der Waals surface area contributed by atoms with Gasteiger partial charge in [0.2, 0.25) is 0 Å². The first-order chi connectivity index (χ1) is 9.70. The summed E-state index contributed by atoms with van der Waals surface area (Å²) in [6, 6.07) is 5.52. The number of para-hydroxylation sites is 1. The Morgan fingerprint density at radius 1 is 1.40 bits per heavy atom. The highest BCUT2D eigenvalue weighted by atomic mass is 16.5. The molecule has 0 radical (unpaired) electrons. The number of oxazole rings is 1. The number of hydrogen-bond donors (Lipinski definition) is 0. The average molecular weight is 272 g/mol. The standard InChI is InChI=1S/C15H16N2O3/c1-10-16-13-11(3-2-4-12(13)20-10)14(18)17-7-8-19-9-15(17)5-6-15/h2-4H,5-9H2,1H3. The largest absolute Gasteiger partial charge is 0.441 e. The first-order valence-electron chi connectivity index (χ1n) is 6.96. The van der Waals surface area contributed by atoms with Crippen LogP contribution in [-0.2, 0) is 4.74 Å². The molecule has 0 unspecified atom stereocenters. The summed E-state index contributed by atoms with van der Waals surface area (Å²) in [7, 11) is 0. The van der Waals surface area contributed by atoms with Gasteiger partial charge in [0.05, 0.1) is 24.3 Å². The molecule has 104 valence electrons. The molecule has 4 rings (SSSR count). The number of aromatic nitrogens is 1. The Hall–Kier alpha value is -1.88. The highest BCUT2D eigenvalue weighted by Crippen LogP contribution is 2.44. The first-order valence-corrected chi connectivity index (χ1v) is 6.96. The minimum Gasteiger partial charge on any atom is -0.441 e. The fourth-order valence-electron chi connectivity index (χ4n) is 2.99. The molecule has 1 aliphatic heterocycles. The van der Waals surface area contributed by atoms with Crippen molar-refractivity contribution in [2.24, 2.45) is 0 Å². The molecule has 0 bridgehead atoms. The van der Waals surface area contributed by atoms with Crippen LogP contribution in [0, 0.1) is 6.92 Å². The molecule has 0 atom stereocenters. The second-order valence-electron chi connectivity index (χ2n) is 5.62. The van der Waals surface area contributed by atoms with E-state index in [4.69, 9.17) is 9.15 Å². The summed E-state index contributed by atoms with van der Waals surface area (Å²) in [5, 5.41) is 0. The third-order valence-corrected chi connectivity index (χ3v) is 4.23. The highest BCUT2D eigenvalue weighted by molar-refractivity contribution is 6.05. The lowest BCUT2D eigenvalue weighted by Crippen LogP contribution is -2.50. The van der Waals surface area contributed by atoms with Gasteiger partial charge >= 0.3 is 0 Å². The third-order valence-electron chi connectivity index (χ3n) is 4.23. The number of aryl methyl sites for hydroxylation is 1. The lowest BCUT2D eigenvalue weighted by atomic mass is 10.1. The molecular weight excluding hydrogens is 256 g/mol. The van der Waals surface area contributed by atoms with Gasteiger partial charge in [-0.15, -0.1) is 0 Å². The summed E-state index contributed by atoms with van der Waals surface area (Å²) >= 11 is 0. The van der Waals surface area contributed by atoms with E-state index in [-0.39, 0.29) is 11.4 Å². The zero-order chi connectivity index (χ0) is 13.7. The second-order valence-corrected chi connectivity index (χ2v) is 5.62. The monoisotopic (exact) mass is 272 g/mol. The summed E-state index contributed by atoms with van der Waals surface area (Å²) in [4.78, 5) is 19.2. The minimum absolute atomic E-state index is 0.0460. The molecule has 1 saturated carbocycles. The fraction of sp³-hybridized carbons (Fsp3) is 0.467. The van der Waals surface area contributed by atoms with Gasteiger partial charge in [0.1, 0.15) is 5.52 Å². The van der Waals surface area contributed by atoms with Gasteiger partial charge < -0.3 is 14.1 Å². The molecule has 2 heterocycles. The van der Waals surface area contributed by atoms with Crippen LogP contribution in [0.25, 0.3) is 11.1 Å². The van der Waals surface area contributed by atoms with E-state index in [2.05, 4.69) is 4.98 Å². The number of morpholine rings is 1. The van der Waals surface area contributed by atoms with Gasteiger partial charge in [0.25, 0.3) is 5.91 Å². The maximum atomic E-state index is 12.9. The van der Waals surface area contributed by atoms with Crippen molar-refractivity contribution >= 4 is 17.0 Å². The number of ether oxygens (including phenoxy) is 1. The van der Waals surface area contributed by atoms with E-state index < -0.39 is 0 Å². The number of nitrogens with zero attached hydrogens (tertiary/aromatic N) is 2. The normalized spacial score (nSPS) is 20.6. The molecule has 1 aliphatic carbocycles. The Labute approximate surface area is 116 Å². The van der Waals surface area contributed by atoms with Crippen LogP contribution in [-0.4, -0.2) is 41.1 Å². The Kier molecular flexibility index (Phi) is 2.41. The van der Waals surface area contributed by atoms with Gasteiger partial charge in [-0.3, -0.25) is 4.79 Å². The Morgan fingerprint density at radius 2 is 2.25 bits per heavy atom. The van der Waals surface area contributed by atoms with E-state index in [0.717, 1.165) is 12.8 Å². The van der Waals surface area contributed by atoms with Crippen LogP contribution in [0.5, 0.6) is 0 Å². The van der Waals surface area contributed by atoms with Crippen LogP contribution >= 0.6 is 0 Å². The molecule has 1 aromatic carbocycles. The van der Waals surface area contributed by atoms with Crippen molar-refractivity contribution in [3.63, 3.8) is 0 Å². The van der Waals surface area contributed by atoms with Gasteiger partial charge in [0.15, 0.2) is 11.5 Å². The molecular formula is C15H16N2O3. The molecule has 1 saturated heterocycles. The van der Waals surface area contributed by atoms with Crippen LogP contribution in [0.4, 0.5) is 0 Å². The highest BCUT2D eigenvalue weighted by Gasteiger charge is 2.52. The predicted octanol–water partition coefficient (Wildman–Crippen LogP) is 2.14. The smallest absolute Gasteiger partial charge is 0.256 e. The topological polar surface area (TPSA) is 55.6 Å².